The fourth-order valence-electron chi connectivity index (χ4n) is 3.49. The van der Waals surface area contributed by atoms with E-state index >= 15 is 0 Å². The second-order valence-electron chi connectivity index (χ2n) is 6.18. The molecule has 2 aromatic carbocycles. The predicted molar refractivity (Wildman–Crippen MR) is 97.6 cm³/mol. The maximum Gasteiger partial charge on any atom is 0.231 e. The molecule has 2 aromatic rings. The third-order valence-corrected chi connectivity index (χ3v) is 5.37. The Bertz CT molecular complexity index is 714. The van der Waals surface area contributed by atoms with Crippen LogP contribution in [0.15, 0.2) is 46.9 Å². The lowest BCUT2D eigenvalue weighted by molar-refractivity contribution is 0.173. The average Bonchev–Trinajstić information content (AvgIpc) is 2.91. The van der Waals surface area contributed by atoms with E-state index in [-0.39, 0.29) is 6.04 Å². The van der Waals surface area contributed by atoms with Crippen molar-refractivity contribution in [1.29, 1.82) is 0 Å². The van der Waals surface area contributed by atoms with E-state index in [0.717, 1.165) is 48.6 Å². The molecule has 24 heavy (non-hydrogen) atoms. The average molecular weight is 389 g/mol. The first-order valence-corrected chi connectivity index (χ1v) is 9.21. The first-order valence-electron chi connectivity index (χ1n) is 8.42. The molecule has 4 rings (SSSR count). The number of benzene rings is 2. The van der Waals surface area contributed by atoms with Crippen molar-refractivity contribution in [3.8, 4) is 11.5 Å². The molecule has 0 bridgehead atoms. The fourth-order valence-corrected chi connectivity index (χ4v) is 3.99. The minimum Gasteiger partial charge on any atom is -0.454 e. The molecule has 0 aliphatic carbocycles. The Hall–Kier alpha value is -1.56. The van der Waals surface area contributed by atoms with Crippen LogP contribution in [-0.2, 0) is 0 Å². The topological polar surface area (TPSA) is 33.7 Å². The van der Waals surface area contributed by atoms with Crippen LogP contribution >= 0.6 is 15.9 Å². The van der Waals surface area contributed by atoms with Gasteiger partial charge in [0.2, 0.25) is 6.79 Å². The van der Waals surface area contributed by atoms with Gasteiger partial charge in [-0.3, -0.25) is 4.90 Å². The molecular formula is C19H21BrN2O2. The zero-order chi connectivity index (χ0) is 16.4. The van der Waals surface area contributed by atoms with Gasteiger partial charge in [-0.25, -0.2) is 0 Å². The van der Waals surface area contributed by atoms with Gasteiger partial charge in [-0.05, 0) is 42.3 Å². The van der Waals surface area contributed by atoms with E-state index in [4.69, 9.17) is 9.47 Å². The van der Waals surface area contributed by atoms with Gasteiger partial charge in [-0.1, -0.05) is 40.2 Å². The summed E-state index contributed by atoms with van der Waals surface area (Å²) in [6.45, 7) is 4.52. The van der Waals surface area contributed by atoms with Crippen molar-refractivity contribution >= 4 is 15.9 Å². The summed E-state index contributed by atoms with van der Waals surface area (Å²) < 4.78 is 12.2. The smallest absolute Gasteiger partial charge is 0.231 e. The van der Waals surface area contributed by atoms with E-state index in [0.29, 0.717) is 6.79 Å². The van der Waals surface area contributed by atoms with Crippen LogP contribution in [0.25, 0.3) is 0 Å². The van der Waals surface area contributed by atoms with Crippen LogP contribution in [-0.4, -0.2) is 37.9 Å². The molecule has 1 fully saturated rings. The molecule has 0 spiro atoms. The number of hydrogen-bond donors (Lipinski definition) is 1. The summed E-state index contributed by atoms with van der Waals surface area (Å²) in [5, 5.41) is 3.49. The van der Waals surface area contributed by atoms with Crippen LogP contribution in [0.4, 0.5) is 0 Å². The third kappa shape index (κ3) is 3.16. The fraction of sp³-hybridized carbons (Fsp3) is 0.368. The summed E-state index contributed by atoms with van der Waals surface area (Å²) in [5.74, 6) is 1.68. The highest BCUT2D eigenvalue weighted by molar-refractivity contribution is 9.10. The molecular weight excluding hydrogens is 368 g/mol. The number of nitrogens with one attached hydrogen (secondary N) is 1. The highest BCUT2D eigenvalue weighted by atomic mass is 79.9. The van der Waals surface area contributed by atoms with Crippen LogP contribution in [0.5, 0.6) is 11.5 Å². The summed E-state index contributed by atoms with van der Waals surface area (Å²) in [6.07, 6.45) is 1.16. The summed E-state index contributed by atoms with van der Waals surface area (Å²) >= 11 is 3.74. The predicted octanol–water partition coefficient (Wildman–Crippen LogP) is 3.56. The van der Waals surface area contributed by atoms with E-state index in [1.165, 1.54) is 11.1 Å². The van der Waals surface area contributed by atoms with E-state index in [9.17, 15) is 0 Å². The maximum absolute atomic E-state index is 5.60. The molecule has 0 aromatic heterocycles. The van der Waals surface area contributed by atoms with Gasteiger partial charge in [0.15, 0.2) is 11.5 Å². The van der Waals surface area contributed by atoms with Gasteiger partial charge in [-0.15, -0.1) is 0 Å². The lowest BCUT2D eigenvalue weighted by atomic mass is 9.96. The van der Waals surface area contributed by atoms with Crippen molar-refractivity contribution in [3.05, 3.63) is 58.1 Å². The standard InChI is InChI=1S/C19H21BrN2O2/c20-16-5-2-1-4-15(16)19(22-10-3-8-21-9-11-22)14-6-7-17-18(12-14)24-13-23-17/h1-2,4-7,12,19,21H,3,8-11,13H2. The molecule has 0 amide bonds. The molecule has 4 nitrogen and oxygen atoms in total. The minimum atomic E-state index is 0.204. The van der Waals surface area contributed by atoms with E-state index < -0.39 is 0 Å². The Morgan fingerprint density at radius 2 is 1.88 bits per heavy atom. The molecule has 1 saturated heterocycles. The number of fused-ring (bicyclic) bond motifs is 1. The number of ether oxygens (including phenoxy) is 2. The van der Waals surface area contributed by atoms with Crippen LogP contribution in [0, 0.1) is 0 Å². The highest BCUT2D eigenvalue weighted by Gasteiger charge is 2.26. The van der Waals surface area contributed by atoms with Crippen LogP contribution < -0.4 is 14.8 Å². The molecule has 1 N–H and O–H groups in total. The quantitative estimate of drug-likeness (QED) is 0.871. The first-order chi connectivity index (χ1) is 11.8. The van der Waals surface area contributed by atoms with Crippen molar-refractivity contribution < 1.29 is 9.47 Å². The molecule has 1 atom stereocenters. The Morgan fingerprint density at radius 1 is 1.00 bits per heavy atom. The highest BCUT2D eigenvalue weighted by Crippen LogP contribution is 2.39. The second-order valence-corrected chi connectivity index (χ2v) is 7.03. The van der Waals surface area contributed by atoms with Crippen molar-refractivity contribution in [2.75, 3.05) is 33.0 Å². The van der Waals surface area contributed by atoms with Crippen molar-refractivity contribution in [1.82, 2.24) is 10.2 Å². The lowest BCUT2D eigenvalue weighted by Gasteiger charge is -2.32. The van der Waals surface area contributed by atoms with Crippen LogP contribution in [0.3, 0.4) is 0 Å². The number of rotatable bonds is 3. The van der Waals surface area contributed by atoms with Gasteiger partial charge in [-0.2, -0.15) is 0 Å². The first kappa shape index (κ1) is 15.9. The summed E-state index contributed by atoms with van der Waals surface area (Å²) in [4.78, 5) is 2.55. The largest absolute Gasteiger partial charge is 0.454 e. The van der Waals surface area contributed by atoms with Gasteiger partial charge < -0.3 is 14.8 Å². The molecule has 1 unspecified atom stereocenters. The SMILES string of the molecule is Brc1ccccc1C(c1ccc2c(c1)OCO2)N1CCCNCC1. The van der Waals surface area contributed by atoms with Crippen molar-refractivity contribution in [3.63, 3.8) is 0 Å². The molecule has 5 heteroatoms. The second kappa shape index (κ2) is 7.13. The Morgan fingerprint density at radius 3 is 2.79 bits per heavy atom. The van der Waals surface area contributed by atoms with Crippen LogP contribution in [0.2, 0.25) is 0 Å². The molecule has 2 aliphatic rings. The number of hydrogen-bond acceptors (Lipinski definition) is 4. The van der Waals surface area contributed by atoms with E-state index in [1.807, 2.05) is 6.07 Å². The van der Waals surface area contributed by atoms with Gasteiger partial charge in [0.1, 0.15) is 0 Å². The van der Waals surface area contributed by atoms with Gasteiger partial charge >= 0.3 is 0 Å². The summed E-state index contributed by atoms with van der Waals surface area (Å²) in [5.41, 5.74) is 2.53. The van der Waals surface area contributed by atoms with Crippen molar-refractivity contribution in [2.24, 2.45) is 0 Å². The molecule has 2 aliphatic heterocycles. The molecule has 0 saturated carbocycles. The Balaban J connectivity index is 1.76. The van der Waals surface area contributed by atoms with Crippen molar-refractivity contribution in [2.45, 2.75) is 12.5 Å². The Kier molecular flexibility index (Phi) is 4.74. The van der Waals surface area contributed by atoms with E-state index in [2.05, 4.69) is 62.5 Å². The zero-order valence-electron chi connectivity index (χ0n) is 13.5. The normalized spacial score (nSPS) is 19.0. The van der Waals surface area contributed by atoms with Gasteiger partial charge in [0, 0.05) is 24.1 Å². The molecule has 2 heterocycles. The molecule has 0 radical (unpaired) electrons. The Labute approximate surface area is 150 Å². The zero-order valence-corrected chi connectivity index (χ0v) is 15.1. The minimum absolute atomic E-state index is 0.204. The van der Waals surface area contributed by atoms with Crippen LogP contribution in [0.1, 0.15) is 23.6 Å². The monoisotopic (exact) mass is 388 g/mol. The third-order valence-electron chi connectivity index (χ3n) is 4.65. The lowest BCUT2D eigenvalue weighted by Crippen LogP contribution is -2.33. The summed E-state index contributed by atoms with van der Waals surface area (Å²) in [7, 11) is 0. The van der Waals surface area contributed by atoms with Gasteiger partial charge in [0.25, 0.3) is 0 Å². The maximum atomic E-state index is 5.60. The summed E-state index contributed by atoms with van der Waals surface area (Å²) in [6, 6.07) is 15.0. The van der Waals surface area contributed by atoms with E-state index in [1.54, 1.807) is 0 Å². The number of nitrogens with zero attached hydrogens (tertiary/aromatic N) is 1. The van der Waals surface area contributed by atoms with Gasteiger partial charge in [0.05, 0.1) is 6.04 Å². The number of halogens is 1. The molecule has 126 valence electrons.